The Hall–Kier alpha value is -4.10. The van der Waals surface area contributed by atoms with Gasteiger partial charge in [-0.3, -0.25) is 19.4 Å². The smallest absolute Gasteiger partial charge is 0.252 e. The first-order valence-corrected chi connectivity index (χ1v) is 12.7. The van der Waals surface area contributed by atoms with Crippen LogP contribution in [0.15, 0.2) is 30.9 Å². The number of pyridine rings is 1. The van der Waals surface area contributed by atoms with Crippen molar-refractivity contribution in [3.05, 3.63) is 42.1 Å². The molecule has 0 radical (unpaired) electrons. The maximum Gasteiger partial charge on any atom is 0.252 e. The van der Waals surface area contributed by atoms with Crippen LogP contribution in [0.5, 0.6) is 0 Å². The SMILES string of the molecule is CCC1COCCN1CCNC(=O)c1cnc(C)c(Nc2nn(C)c3nc(Nc4cnn(C)c4)ncc23)c1. The molecule has 1 amide bonds. The Morgan fingerprint density at radius 1 is 1.18 bits per heavy atom. The summed E-state index contributed by atoms with van der Waals surface area (Å²) in [7, 11) is 3.66. The van der Waals surface area contributed by atoms with E-state index in [1.165, 1.54) is 0 Å². The van der Waals surface area contributed by atoms with Gasteiger partial charge in [0, 0.05) is 58.4 Å². The van der Waals surface area contributed by atoms with Gasteiger partial charge in [0.1, 0.15) is 0 Å². The largest absolute Gasteiger partial charge is 0.378 e. The zero-order valence-electron chi connectivity index (χ0n) is 22.1. The molecule has 1 unspecified atom stereocenters. The van der Waals surface area contributed by atoms with Gasteiger partial charge < -0.3 is 20.7 Å². The summed E-state index contributed by atoms with van der Waals surface area (Å²) in [5.74, 6) is 0.858. The number of amides is 1. The number of anilines is 4. The Bertz CT molecular complexity index is 1430. The van der Waals surface area contributed by atoms with Crippen molar-refractivity contribution in [3.8, 4) is 0 Å². The van der Waals surface area contributed by atoms with Crippen LogP contribution in [0.25, 0.3) is 11.0 Å². The zero-order valence-corrected chi connectivity index (χ0v) is 22.1. The quantitative estimate of drug-likeness (QED) is 0.301. The molecule has 4 aromatic rings. The summed E-state index contributed by atoms with van der Waals surface area (Å²) in [5, 5.41) is 19.0. The van der Waals surface area contributed by atoms with Gasteiger partial charge in [0.2, 0.25) is 5.95 Å². The van der Waals surface area contributed by atoms with Crippen LogP contribution in [0.1, 0.15) is 29.4 Å². The average molecular weight is 520 g/mol. The second kappa shape index (κ2) is 11.1. The topological polar surface area (TPSA) is 140 Å². The molecule has 0 aliphatic carbocycles. The highest BCUT2D eigenvalue weighted by Gasteiger charge is 2.21. The molecule has 1 fully saturated rings. The van der Waals surface area contributed by atoms with Crippen LogP contribution in [-0.4, -0.2) is 84.2 Å². The van der Waals surface area contributed by atoms with Gasteiger partial charge in [0.05, 0.1) is 47.4 Å². The molecule has 38 heavy (non-hydrogen) atoms. The van der Waals surface area contributed by atoms with E-state index in [0.29, 0.717) is 41.3 Å². The molecular weight excluding hydrogens is 486 g/mol. The molecule has 1 atom stereocenters. The molecule has 3 N–H and O–H groups in total. The van der Waals surface area contributed by atoms with Crippen LogP contribution in [0.3, 0.4) is 0 Å². The fourth-order valence-electron chi connectivity index (χ4n) is 4.49. The minimum Gasteiger partial charge on any atom is -0.378 e. The van der Waals surface area contributed by atoms with Gasteiger partial charge in [-0.05, 0) is 19.4 Å². The maximum absolute atomic E-state index is 12.9. The standard InChI is InChI=1S/C25H33N11O2/c1-5-19-15-38-9-8-36(19)7-6-26-24(37)17-10-21(16(2)27-11-17)31-22-20-13-28-25(32-23(20)35(4)33-22)30-18-12-29-34(3)14-18/h10-14,19H,5-9,15H2,1-4H3,(H,26,37)(H,31,33)(H,28,30,32). The number of aromatic nitrogens is 7. The van der Waals surface area contributed by atoms with Gasteiger partial charge in [-0.15, -0.1) is 0 Å². The highest BCUT2D eigenvalue weighted by Crippen LogP contribution is 2.27. The third kappa shape index (κ3) is 5.58. The number of hydrogen-bond acceptors (Lipinski definition) is 10. The predicted octanol–water partition coefficient (Wildman–Crippen LogP) is 2.13. The molecule has 1 aliphatic heterocycles. The van der Waals surface area contributed by atoms with E-state index in [2.05, 4.69) is 52.9 Å². The van der Waals surface area contributed by atoms with Crippen LogP contribution >= 0.6 is 0 Å². The summed E-state index contributed by atoms with van der Waals surface area (Å²) >= 11 is 0. The molecule has 13 heteroatoms. The maximum atomic E-state index is 12.9. The van der Waals surface area contributed by atoms with Crippen molar-refractivity contribution in [2.75, 3.05) is 43.5 Å². The number of fused-ring (bicyclic) bond motifs is 1. The number of nitrogens with one attached hydrogen (secondary N) is 3. The Balaban J connectivity index is 1.27. The number of hydrogen-bond donors (Lipinski definition) is 3. The van der Waals surface area contributed by atoms with E-state index in [0.717, 1.165) is 49.5 Å². The number of carbonyl (C=O) groups is 1. The lowest BCUT2D eigenvalue weighted by Crippen LogP contribution is -2.48. The molecule has 1 saturated heterocycles. The minimum absolute atomic E-state index is 0.165. The van der Waals surface area contributed by atoms with E-state index in [9.17, 15) is 4.79 Å². The number of nitrogens with zero attached hydrogens (tertiary/aromatic N) is 8. The predicted molar refractivity (Wildman–Crippen MR) is 144 cm³/mol. The summed E-state index contributed by atoms with van der Waals surface area (Å²) in [4.78, 5) is 28.7. The molecule has 1 aliphatic rings. The summed E-state index contributed by atoms with van der Waals surface area (Å²) in [6.07, 6.45) is 7.88. The second-order valence-corrected chi connectivity index (χ2v) is 9.34. The fourth-order valence-corrected chi connectivity index (χ4v) is 4.49. The Morgan fingerprint density at radius 2 is 2.05 bits per heavy atom. The highest BCUT2D eigenvalue weighted by atomic mass is 16.5. The number of aryl methyl sites for hydroxylation is 3. The van der Waals surface area contributed by atoms with Crippen LogP contribution in [0.4, 0.5) is 23.1 Å². The lowest BCUT2D eigenvalue weighted by Gasteiger charge is -2.34. The van der Waals surface area contributed by atoms with E-state index < -0.39 is 0 Å². The minimum atomic E-state index is -0.165. The van der Waals surface area contributed by atoms with Gasteiger partial charge in [-0.25, -0.2) is 9.67 Å². The summed E-state index contributed by atoms with van der Waals surface area (Å²) in [6, 6.07) is 2.19. The van der Waals surface area contributed by atoms with E-state index in [-0.39, 0.29) is 5.91 Å². The van der Waals surface area contributed by atoms with Crippen molar-refractivity contribution in [1.82, 2.24) is 44.7 Å². The molecule has 5 heterocycles. The summed E-state index contributed by atoms with van der Waals surface area (Å²) in [6.45, 7) is 7.75. The van der Waals surface area contributed by atoms with Crippen molar-refractivity contribution in [3.63, 3.8) is 0 Å². The molecular formula is C25H33N11O2. The fraction of sp³-hybridized carbons (Fsp3) is 0.440. The van der Waals surface area contributed by atoms with Gasteiger partial charge in [0.15, 0.2) is 11.5 Å². The molecule has 4 aromatic heterocycles. The third-order valence-corrected chi connectivity index (χ3v) is 6.65. The first-order chi connectivity index (χ1) is 18.4. The van der Waals surface area contributed by atoms with Gasteiger partial charge in [0.25, 0.3) is 5.91 Å². The molecule has 13 nitrogen and oxygen atoms in total. The van der Waals surface area contributed by atoms with E-state index in [1.54, 1.807) is 34.0 Å². The highest BCUT2D eigenvalue weighted by molar-refractivity contribution is 5.96. The Kier molecular flexibility index (Phi) is 7.47. The number of carbonyl (C=O) groups excluding carboxylic acids is 1. The van der Waals surface area contributed by atoms with Crippen molar-refractivity contribution in [2.24, 2.45) is 14.1 Å². The molecule has 0 saturated carbocycles. The molecule has 0 bridgehead atoms. The number of rotatable bonds is 9. The van der Waals surface area contributed by atoms with E-state index >= 15 is 0 Å². The average Bonchev–Trinajstić information content (AvgIpc) is 3.47. The Morgan fingerprint density at radius 3 is 2.84 bits per heavy atom. The lowest BCUT2D eigenvalue weighted by molar-refractivity contribution is -0.00770. The number of morpholine rings is 1. The monoisotopic (exact) mass is 519 g/mol. The molecule has 5 rings (SSSR count). The number of ether oxygens (including phenoxy) is 1. The molecule has 0 aromatic carbocycles. The third-order valence-electron chi connectivity index (χ3n) is 6.65. The van der Waals surface area contributed by atoms with Gasteiger partial charge >= 0.3 is 0 Å². The summed E-state index contributed by atoms with van der Waals surface area (Å²) in [5.41, 5.74) is 3.36. The first kappa shape index (κ1) is 25.5. The van der Waals surface area contributed by atoms with Crippen LogP contribution in [-0.2, 0) is 18.8 Å². The van der Waals surface area contributed by atoms with Crippen LogP contribution in [0, 0.1) is 6.92 Å². The van der Waals surface area contributed by atoms with Gasteiger partial charge in [-0.1, -0.05) is 6.92 Å². The van der Waals surface area contributed by atoms with Crippen molar-refractivity contribution >= 4 is 40.1 Å². The van der Waals surface area contributed by atoms with Crippen LogP contribution in [0.2, 0.25) is 0 Å². The molecule has 200 valence electrons. The van der Waals surface area contributed by atoms with E-state index in [4.69, 9.17) is 4.74 Å². The van der Waals surface area contributed by atoms with Crippen molar-refractivity contribution in [2.45, 2.75) is 26.3 Å². The Labute approximate surface area is 220 Å². The summed E-state index contributed by atoms with van der Waals surface area (Å²) < 4.78 is 8.95. The van der Waals surface area contributed by atoms with Crippen molar-refractivity contribution in [1.29, 1.82) is 0 Å². The lowest BCUT2D eigenvalue weighted by atomic mass is 10.2. The van der Waals surface area contributed by atoms with E-state index in [1.807, 2.05) is 27.2 Å². The zero-order chi connectivity index (χ0) is 26.6. The van der Waals surface area contributed by atoms with Crippen LogP contribution < -0.4 is 16.0 Å². The first-order valence-electron chi connectivity index (χ1n) is 12.7. The van der Waals surface area contributed by atoms with Crippen molar-refractivity contribution < 1.29 is 9.53 Å². The second-order valence-electron chi connectivity index (χ2n) is 9.34. The van der Waals surface area contributed by atoms with Gasteiger partial charge in [-0.2, -0.15) is 15.2 Å². The molecule has 0 spiro atoms. The normalized spacial score (nSPS) is 16.1.